The SMILES string of the molecule is O=C(Nc1ccc(Cl)cc1)C1CSCN1. The Bertz CT molecular complexity index is 349. The molecule has 1 fully saturated rings. The van der Waals surface area contributed by atoms with Crippen LogP contribution in [0.1, 0.15) is 0 Å². The van der Waals surface area contributed by atoms with E-state index in [-0.39, 0.29) is 11.9 Å². The normalized spacial score (nSPS) is 20.2. The molecule has 0 aliphatic carbocycles. The van der Waals surface area contributed by atoms with Crippen LogP contribution in [0.15, 0.2) is 24.3 Å². The van der Waals surface area contributed by atoms with Gasteiger partial charge in [0, 0.05) is 22.3 Å². The van der Waals surface area contributed by atoms with Crippen molar-refractivity contribution in [1.82, 2.24) is 5.32 Å². The molecule has 1 aliphatic rings. The van der Waals surface area contributed by atoms with Crippen LogP contribution < -0.4 is 10.6 Å². The van der Waals surface area contributed by atoms with Crippen molar-refractivity contribution in [3.8, 4) is 0 Å². The van der Waals surface area contributed by atoms with Crippen LogP contribution in [0.5, 0.6) is 0 Å². The Morgan fingerprint density at radius 2 is 2.20 bits per heavy atom. The van der Waals surface area contributed by atoms with Crippen molar-refractivity contribution in [2.45, 2.75) is 6.04 Å². The van der Waals surface area contributed by atoms with E-state index in [9.17, 15) is 4.79 Å². The van der Waals surface area contributed by atoms with E-state index < -0.39 is 0 Å². The number of thioether (sulfide) groups is 1. The molecule has 1 aromatic rings. The van der Waals surface area contributed by atoms with Crippen molar-refractivity contribution >= 4 is 35.0 Å². The Balaban J connectivity index is 1.96. The second-order valence-corrected chi connectivity index (χ2v) is 4.73. The highest BCUT2D eigenvalue weighted by Gasteiger charge is 2.22. The predicted molar refractivity (Wildman–Crippen MR) is 64.3 cm³/mol. The number of hydrogen-bond donors (Lipinski definition) is 2. The van der Waals surface area contributed by atoms with Crippen molar-refractivity contribution in [2.24, 2.45) is 0 Å². The zero-order valence-electron chi connectivity index (χ0n) is 8.00. The lowest BCUT2D eigenvalue weighted by Gasteiger charge is -2.10. The molecule has 80 valence electrons. The van der Waals surface area contributed by atoms with E-state index in [0.29, 0.717) is 5.02 Å². The minimum absolute atomic E-state index is 0.0160. The summed E-state index contributed by atoms with van der Waals surface area (Å²) in [6, 6.07) is 7.03. The average molecular weight is 243 g/mol. The molecule has 0 saturated carbocycles. The first kappa shape index (κ1) is 10.8. The Labute approximate surface area is 97.6 Å². The van der Waals surface area contributed by atoms with Crippen molar-refractivity contribution in [1.29, 1.82) is 0 Å². The van der Waals surface area contributed by atoms with Crippen molar-refractivity contribution < 1.29 is 4.79 Å². The van der Waals surface area contributed by atoms with Gasteiger partial charge in [0.25, 0.3) is 0 Å². The van der Waals surface area contributed by atoms with Gasteiger partial charge < -0.3 is 5.32 Å². The Kier molecular flexibility index (Phi) is 3.51. The van der Waals surface area contributed by atoms with Crippen molar-refractivity contribution in [3.63, 3.8) is 0 Å². The van der Waals surface area contributed by atoms with Gasteiger partial charge in [0.1, 0.15) is 0 Å². The molecule has 1 unspecified atom stereocenters. The van der Waals surface area contributed by atoms with E-state index in [4.69, 9.17) is 11.6 Å². The number of anilines is 1. The molecule has 1 aromatic carbocycles. The van der Waals surface area contributed by atoms with Gasteiger partial charge in [-0.2, -0.15) is 0 Å². The fourth-order valence-corrected chi connectivity index (χ4v) is 2.39. The summed E-state index contributed by atoms with van der Waals surface area (Å²) >= 11 is 7.48. The number of amides is 1. The summed E-state index contributed by atoms with van der Waals surface area (Å²) in [4.78, 5) is 11.7. The molecule has 2 rings (SSSR count). The van der Waals surface area contributed by atoms with E-state index in [1.165, 1.54) is 0 Å². The van der Waals surface area contributed by atoms with Crippen LogP contribution in [-0.4, -0.2) is 23.6 Å². The number of rotatable bonds is 2. The molecular weight excluding hydrogens is 232 g/mol. The lowest BCUT2D eigenvalue weighted by Crippen LogP contribution is -2.37. The maximum atomic E-state index is 11.7. The lowest BCUT2D eigenvalue weighted by atomic mass is 10.3. The predicted octanol–water partition coefficient (Wildman–Crippen LogP) is 1.94. The van der Waals surface area contributed by atoms with E-state index in [0.717, 1.165) is 17.3 Å². The first-order valence-electron chi connectivity index (χ1n) is 4.63. The number of benzene rings is 1. The lowest BCUT2D eigenvalue weighted by molar-refractivity contribution is -0.117. The zero-order valence-corrected chi connectivity index (χ0v) is 9.57. The maximum Gasteiger partial charge on any atom is 0.242 e. The molecule has 3 nitrogen and oxygen atoms in total. The van der Waals surface area contributed by atoms with Gasteiger partial charge in [-0.05, 0) is 24.3 Å². The summed E-state index contributed by atoms with van der Waals surface area (Å²) in [5.41, 5.74) is 0.781. The van der Waals surface area contributed by atoms with Gasteiger partial charge in [-0.1, -0.05) is 11.6 Å². The quantitative estimate of drug-likeness (QED) is 0.833. The number of carbonyl (C=O) groups is 1. The fraction of sp³-hybridized carbons (Fsp3) is 0.300. The highest BCUT2D eigenvalue weighted by molar-refractivity contribution is 7.99. The minimum Gasteiger partial charge on any atom is -0.325 e. The molecule has 1 amide bonds. The molecular formula is C10H11ClN2OS. The molecule has 0 spiro atoms. The Hall–Kier alpha value is -0.710. The first-order chi connectivity index (χ1) is 7.25. The van der Waals surface area contributed by atoms with Crippen LogP contribution in [-0.2, 0) is 4.79 Å². The molecule has 1 saturated heterocycles. The van der Waals surface area contributed by atoms with Gasteiger partial charge in [0.2, 0.25) is 5.91 Å². The van der Waals surface area contributed by atoms with Crippen LogP contribution in [0, 0.1) is 0 Å². The van der Waals surface area contributed by atoms with Gasteiger partial charge in [-0.3, -0.25) is 10.1 Å². The molecule has 5 heteroatoms. The number of hydrogen-bond acceptors (Lipinski definition) is 3. The van der Waals surface area contributed by atoms with E-state index in [1.807, 2.05) is 0 Å². The highest BCUT2D eigenvalue weighted by atomic mass is 35.5. The van der Waals surface area contributed by atoms with Crippen molar-refractivity contribution in [3.05, 3.63) is 29.3 Å². The zero-order chi connectivity index (χ0) is 10.7. The number of nitrogens with one attached hydrogen (secondary N) is 2. The van der Waals surface area contributed by atoms with Crippen LogP contribution in [0.3, 0.4) is 0 Å². The number of halogens is 1. The summed E-state index contributed by atoms with van der Waals surface area (Å²) in [5.74, 6) is 1.69. The van der Waals surface area contributed by atoms with E-state index in [2.05, 4.69) is 10.6 Å². The third-order valence-corrected chi connectivity index (χ3v) is 3.34. The van der Waals surface area contributed by atoms with Crippen LogP contribution in [0.2, 0.25) is 5.02 Å². The average Bonchev–Trinajstić information content (AvgIpc) is 2.74. The molecule has 0 aromatic heterocycles. The molecule has 1 atom stereocenters. The molecule has 15 heavy (non-hydrogen) atoms. The minimum atomic E-state index is -0.0781. The smallest absolute Gasteiger partial charge is 0.242 e. The summed E-state index contributed by atoms with van der Waals surface area (Å²) in [6.45, 7) is 0. The molecule has 0 radical (unpaired) electrons. The van der Waals surface area contributed by atoms with Gasteiger partial charge in [0.15, 0.2) is 0 Å². The standard InChI is InChI=1S/C10H11ClN2OS/c11-7-1-3-8(4-2-7)13-10(14)9-5-15-6-12-9/h1-4,9,12H,5-6H2,(H,13,14). The maximum absolute atomic E-state index is 11.7. The van der Waals surface area contributed by atoms with Gasteiger partial charge >= 0.3 is 0 Å². The molecule has 1 aliphatic heterocycles. The third-order valence-electron chi connectivity index (χ3n) is 2.14. The van der Waals surface area contributed by atoms with E-state index in [1.54, 1.807) is 36.0 Å². The molecule has 0 bridgehead atoms. The van der Waals surface area contributed by atoms with Gasteiger partial charge in [-0.15, -0.1) is 11.8 Å². The largest absolute Gasteiger partial charge is 0.325 e. The molecule has 2 N–H and O–H groups in total. The van der Waals surface area contributed by atoms with Gasteiger partial charge in [0.05, 0.1) is 6.04 Å². The van der Waals surface area contributed by atoms with Crippen LogP contribution >= 0.6 is 23.4 Å². The molecule has 1 heterocycles. The van der Waals surface area contributed by atoms with Crippen LogP contribution in [0.25, 0.3) is 0 Å². The fourth-order valence-electron chi connectivity index (χ4n) is 1.33. The third kappa shape index (κ3) is 2.87. The second-order valence-electron chi connectivity index (χ2n) is 3.27. The Morgan fingerprint density at radius 3 is 2.80 bits per heavy atom. The van der Waals surface area contributed by atoms with Crippen LogP contribution in [0.4, 0.5) is 5.69 Å². The Morgan fingerprint density at radius 1 is 1.47 bits per heavy atom. The summed E-state index contributed by atoms with van der Waals surface area (Å²) in [6.07, 6.45) is 0. The van der Waals surface area contributed by atoms with Crippen molar-refractivity contribution in [2.75, 3.05) is 16.9 Å². The first-order valence-corrected chi connectivity index (χ1v) is 6.16. The second kappa shape index (κ2) is 4.88. The highest BCUT2D eigenvalue weighted by Crippen LogP contribution is 2.15. The van der Waals surface area contributed by atoms with E-state index >= 15 is 0 Å². The summed E-state index contributed by atoms with van der Waals surface area (Å²) in [5, 5.41) is 6.62. The van der Waals surface area contributed by atoms with Gasteiger partial charge in [-0.25, -0.2) is 0 Å². The monoisotopic (exact) mass is 242 g/mol. The summed E-state index contributed by atoms with van der Waals surface area (Å²) < 4.78 is 0. The number of carbonyl (C=O) groups excluding carboxylic acids is 1. The topological polar surface area (TPSA) is 41.1 Å². The summed E-state index contributed by atoms with van der Waals surface area (Å²) in [7, 11) is 0.